The minimum atomic E-state index is 0. The molecule has 1 unspecified atom stereocenters. The van der Waals surface area contributed by atoms with E-state index in [0.29, 0.717) is 12.5 Å². The fraction of sp³-hybridized carbons (Fsp3) is 0.500. The summed E-state index contributed by atoms with van der Waals surface area (Å²) in [5.41, 5.74) is 1.42. The Kier molecular flexibility index (Phi) is 7.67. The van der Waals surface area contributed by atoms with Crippen LogP contribution in [0.5, 0.6) is 0 Å². The topological polar surface area (TPSA) is 58.3 Å². The monoisotopic (exact) mass is 454 g/mol. The molecule has 0 bridgehead atoms. The van der Waals surface area contributed by atoms with Gasteiger partial charge < -0.3 is 10.2 Å². The molecular formula is C18H27IN6. The van der Waals surface area contributed by atoms with Crippen LogP contribution in [0, 0.1) is 5.92 Å². The van der Waals surface area contributed by atoms with Gasteiger partial charge in [0.1, 0.15) is 18.7 Å². The van der Waals surface area contributed by atoms with Gasteiger partial charge in [-0.15, -0.1) is 24.0 Å². The number of aryl methyl sites for hydroxylation is 1. The lowest BCUT2D eigenvalue weighted by Crippen LogP contribution is -2.40. The number of nitrogens with one attached hydrogen (secondary N) is 1. The zero-order valence-corrected chi connectivity index (χ0v) is 17.3. The van der Waals surface area contributed by atoms with E-state index in [4.69, 9.17) is 4.99 Å². The van der Waals surface area contributed by atoms with Crippen LogP contribution in [-0.2, 0) is 20.0 Å². The molecule has 0 radical (unpaired) electrons. The first-order valence-corrected chi connectivity index (χ1v) is 8.66. The van der Waals surface area contributed by atoms with E-state index < -0.39 is 0 Å². The smallest absolute Gasteiger partial charge is 0.194 e. The third kappa shape index (κ3) is 5.42. The van der Waals surface area contributed by atoms with E-state index in [1.165, 1.54) is 12.0 Å². The molecule has 1 fully saturated rings. The number of rotatable bonds is 5. The highest BCUT2D eigenvalue weighted by atomic mass is 127. The zero-order valence-electron chi connectivity index (χ0n) is 14.9. The van der Waals surface area contributed by atoms with Crippen LogP contribution in [-0.4, -0.2) is 45.3 Å². The van der Waals surface area contributed by atoms with Crippen LogP contribution in [0.15, 0.2) is 41.7 Å². The summed E-state index contributed by atoms with van der Waals surface area (Å²) in [6.07, 6.45) is 3.92. The maximum atomic E-state index is 4.75. The Bertz CT molecular complexity index is 669. The second-order valence-electron chi connectivity index (χ2n) is 6.26. The number of hydrogen-bond donors (Lipinski definition) is 1. The lowest BCUT2D eigenvalue weighted by atomic mass is 9.99. The Morgan fingerprint density at radius 1 is 1.32 bits per heavy atom. The predicted molar refractivity (Wildman–Crippen MR) is 111 cm³/mol. The summed E-state index contributed by atoms with van der Waals surface area (Å²) in [5.74, 6) is 2.55. The van der Waals surface area contributed by atoms with Crippen LogP contribution in [0.25, 0.3) is 0 Å². The summed E-state index contributed by atoms with van der Waals surface area (Å²) < 4.78 is 1.77. The molecule has 1 N–H and O–H groups in total. The van der Waals surface area contributed by atoms with Gasteiger partial charge in [-0.3, -0.25) is 4.68 Å². The summed E-state index contributed by atoms with van der Waals surface area (Å²) in [7, 11) is 1.90. The molecule has 1 saturated heterocycles. The lowest BCUT2D eigenvalue weighted by molar-refractivity contribution is 0.459. The average molecular weight is 454 g/mol. The number of aromatic nitrogens is 3. The van der Waals surface area contributed by atoms with E-state index in [1.807, 2.05) is 7.05 Å². The highest BCUT2D eigenvalue weighted by Crippen LogP contribution is 2.21. The van der Waals surface area contributed by atoms with Gasteiger partial charge in [0.15, 0.2) is 5.96 Å². The second kappa shape index (κ2) is 9.74. The standard InChI is InChI=1S/C18H26N6.HI/c1-3-19-18(20-12-17-21-14-22-23(17)2)24-10-9-16(13-24)11-15-7-5-4-6-8-15;/h4-8,14,16H,3,9-13H2,1-2H3,(H,19,20);1H. The number of aliphatic imine (C=N–C) groups is 1. The van der Waals surface area contributed by atoms with E-state index in [2.05, 4.69) is 57.6 Å². The van der Waals surface area contributed by atoms with Crippen molar-refractivity contribution in [3.05, 3.63) is 48.0 Å². The molecule has 0 aliphatic carbocycles. The number of guanidine groups is 1. The summed E-state index contributed by atoms with van der Waals surface area (Å²) >= 11 is 0. The molecule has 7 heteroatoms. The summed E-state index contributed by atoms with van der Waals surface area (Å²) in [6.45, 7) is 5.65. The molecule has 2 heterocycles. The van der Waals surface area contributed by atoms with Crippen molar-refractivity contribution in [2.45, 2.75) is 26.3 Å². The summed E-state index contributed by atoms with van der Waals surface area (Å²) in [4.78, 5) is 11.4. The fourth-order valence-corrected chi connectivity index (χ4v) is 3.17. The van der Waals surface area contributed by atoms with Gasteiger partial charge in [-0.2, -0.15) is 5.10 Å². The second-order valence-corrected chi connectivity index (χ2v) is 6.26. The molecule has 0 spiro atoms. The van der Waals surface area contributed by atoms with E-state index in [9.17, 15) is 0 Å². The highest BCUT2D eigenvalue weighted by molar-refractivity contribution is 14.0. The van der Waals surface area contributed by atoms with E-state index >= 15 is 0 Å². The minimum Gasteiger partial charge on any atom is -0.357 e. The fourth-order valence-electron chi connectivity index (χ4n) is 3.17. The highest BCUT2D eigenvalue weighted by Gasteiger charge is 2.25. The quantitative estimate of drug-likeness (QED) is 0.429. The molecule has 3 rings (SSSR count). The SMILES string of the molecule is CCNC(=NCc1ncnn1C)N1CCC(Cc2ccccc2)C1.I. The maximum absolute atomic E-state index is 4.75. The van der Waals surface area contributed by atoms with Gasteiger partial charge in [-0.1, -0.05) is 30.3 Å². The van der Waals surface area contributed by atoms with Crippen molar-refractivity contribution in [3.8, 4) is 0 Å². The Labute approximate surface area is 166 Å². The van der Waals surface area contributed by atoms with E-state index in [-0.39, 0.29) is 24.0 Å². The third-order valence-electron chi connectivity index (χ3n) is 4.46. The number of hydrogen-bond acceptors (Lipinski definition) is 3. The minimum absolute atomic E-state index is 0. The predicted octanol–water partition coefficient (Wildman–Crippen LogP) is 2.46. The molecule has 136 valence electrons. The molecule has 0 amide bonds. The largest absolute Gasteiger partial charge is 0.357 e. The van der Waals surface area contributed by atoms with Crippen molar-refractivity contribution in [1.29, 1.82) is 0 Å². The van der Waals surface area contributed by atoms with Crippen molar-refractivity contribution < 1.29 is 0 Å². The summed E-state index contributed by atoms with van der Waals surface area (Å²) in [5, 5.41) is 7.51. The van der Waals surface area contributed by atoms with Gasteiger partial charge in [-0.05, 0) is 31.2 Å². The molecule has 1 aromatic carbocycles. The van der Waals surface area contributed by atoms with Crippen LogP contribution in [0.1, 0.15) is 24.7 Å². The van der Waals surface area contributed by atoms with Gasteiger partial charge in [0, 0.05) is 26.7 Å². The lowest BCUT2D eigenvalue weighted by Gasteiger charge is -2.21. The van der Waals surface area contributed by atoms with Crippen molar-refractivity contribution >= 4 is 29.9 Å². The average Bonchev–Trinajstić information content (AvgIpc) is 3.22. The third-order valence-corrected chi connectivity index (χ3v) is 4.46. The van der Waals surface area contributed by atoms with Crippen LogP contribution in [0.4, 0.5) is 0 Å². The van der Waals surface area contributed by atoms with Gasteiger partial charge >= 0.3 is 0 Å². The first kappa shape index (κ1) is 19.7. The Morgan fingerprint density at radius 3 is 2.80 bits per heavy atom. The van der Waals surface area contributed by atoms with Crippen molar-refractivity contribution in [2.75, 3.05) is 19.6 Å². The Balaban J connectivity index is 0.00000225. The number of likely N-dealkylation sites (tertiary alicyclic amines) is 1. The van der Waals surface area contributed by atoms with Gasteiger partial charge in [0.05, 0.1) is 0 Å². The number of nitrogens with zero attached hydrogens (tertiary/aromatic N) is 5. The number of benzene rings is 1. The van der Waals surface area contributed by atoms with Crippen molar-refractivity contribution in [1.82, 2.24) is 25.0 Å². The van der Waals surface area contributed by atoms with E-state index in [1.54, 1.807) is 11.0 Å². The van der Waals surface area contributed by atoms with Crippen LogP contribution in [0.2, 0.25) is 0 Å². The maximum Gasteiger partial charge on any atom is 0.194 e. The molecule has 6 nitrogen and oxygen atoms in total. The van der Waals surface area contributed by atoms with Gasteiger partial charge in [-0.25, -0.2) is 9.98 Å². The Hall–Kier alpha value is -1.64. The molecule has 1 aliphatic rings. The molecule has 1 aromatic heterocycles. The normalized spacial score (nSPS) is 17.4. The van der Waals surface area contributed by atoms with Crippen molar-refractivity contribution in [3.63, 3.8) is 0 Å². The van der Waals surface area contributed by atoms with Gasteiger partial charge in [0.2, 0.25) is 0 Å². The van der Waals surface area contributed by atoms with Crippen LogP contribution >= 0.6 is 24.0 Å². The van der Waals surface area contributed by atoms with E-state index in [0.717, 1.165) is 37.8 Å². The first-order chi connectivity index (χ1) is 11.8. The molecule has 0 saturated carbocycles. The molecular weight excluding hydrogens is 427 g/mol. The number of halogens is 1. The molecule has 2 aromatic rings. The van der Waals surface area contributed by atoms with Crippen LogP contribution < -0.4 is 5.32 Å². The molecule has 1 atom stereocenters. The Morgan fingerprint density at radius 2 is 2.12 bits per heavy atom. The van der Waals surface area contributed by atoms with Crippen molar-refractivity contribution in [2.24, 2.45) is 18.0 Å². The first-order valence-electron chi connectivity index (χ1n) is 8.66. The van der Waals surface area contributed by atoms with Crippen LogP contribution in [0.3, 0.4) is 0 Å². The zero-order chi connectivity index (χ0) is 16.8. The molecule has 25 heavy (non-hydrogen) atoms. The summed E-state index contributed by atoms with van der Waals surface area (Å²) in [6, 6.07) is 10.8. The van der Waals surface area contributed by atoms with Gasteiger partial charge in [0.25, 0.3) is 0 Å². The molecule has 1 aliphatic heterocycles.